The van der Waals surface area contributed by atoms with Crippen LogP contribution in [0, 0.1) is 0 Å². The molecule has 0 aliphatic rings. The van der Waals surface area contributed by atoms with E-state index in [-0.39, 0.29) is 12.2 Å². The van der Waals surface area contributed by atoms with Crippen molar-refractivity contribution in [3.05, 3.63) is 12.2 Å². The summed E-state index contributed by atoms with van der Waals surface area (Å²) in [6.45, 7) is 7.15. The van der Waals surface area contributed by atoms with Crippen LogP contribution in [0.5, 0.6) is 0 Å². The number of carboxylic acid groups (broad SMARTS) is 1. The van der Waals surface area contributed by atoms with Gasteiger partial charge in [-0.1, -0.05) is 19.9 Å². The maximum Gasteiger partial charge on any atom is 0.333 e. The van der Waals surface area contributed by atoms with Gasteiger partial charge in [-0.05, 0) is 6.42 Å². The van der Waals surface area contributed by atoms with Crippen molar-refractivity contribution in [1.82, 2.24) is 0 Å². The van der Waals surface area contributed by atoms with Crippen LogP contribution in [-0.4, -0.2) is 37.5 Å². The molecule has 0 radical (unpaired) electrons. The van der Waals surface area contributed by atoms with Gasteiger partial charge in [-0.25, -0.2) is 4.79 Å². The first-order valence-electron chi connectivity index (χ1n) is 4.75. The van der Waals surface area contributed by atoms with Gasteiger partial charge in [-0.15, -0.1) is 0 Å². The molecule has 0 fully saturated rings. The molecule has 0 aliphatic heterocycles. The van der Waals surface area contributed by atoms with Crippen molar-refractivity contribution >= 4 is 5.97 Å². The molecule has 0 atom stereocenters. The third-order valence-electron chi connectivity index (χ3n) is 1.59. The molecule has 0 rings (SSSR count). The second-order valence-electron chi connectivity index (χ2n) is 2.93. The normalized spacial score (nSPS) is 10.1. The van der Waals surface area contributed by atoms with Gasteiger partial charge in [-0.3, -0.25) is 0 Å². The lowest BCUT2D eigenvalue weighted by Gasteiger charge is -2.04. The molecule has 0 aromatic carbocycles. The first-order valence-corrected chi connectivity index (χ1v) is 4.75. The molecule has 0 saturated carbocycles. The minimum absolute atomic E-state index is 0.0620. The first kappa shape index (κ1) is 13.1. The molecule has 0 spiro atoms. The lowest BCUT2D eigenvalue weighted by Crippen LogP contribution is -2.10. The van der Waals surface area contributed by atoms with Crippen LogP contribution in [0.2, 0.25) is 0 Å². The molecule has 82 valence electrons. The quantitative estimate of drug-likeness (QED) is 0.454. The second-order valence-corrected chi connectivity index (χ2v) is 2.93. The Hall–Kier alpha value is -0.870. The second kappa shape index (κ2) is 8.72. The summed E-state index contributed by atoms with van der Waals surface area (Å²) >= 11 is 0. The van der Waals surface area contributed by atoms with Gasteiger partial charge < -0.3 is 14.6 Å². The van der Waals surface area contributed by atoms with E-state index in [1.807, 2.05) is 0 Å². The Labute approximate surface area is 84.5 Å². The SMILES string of the molecule is C=C(COCCOCCCC)C(=O)O. The van der Waals surface area contributed by atoms with Crippen LogP contribution in [0.1, 0.15) is 19.8 Å². The number of carboxylic acids is 1. The van der Waals surface area contributed by atoms with Crippen LogP contribution in [0.25, 0.3) is 0 Å². The Morgan fingerprint density at radius 2 is 1.93 bits per heavy atom. The van der Waals surface area contributed by atoms with Gasteiger partial charge in [-0.2, -0.15) is 0 Å². The molecule has 0 aliphatic carbocycles. The summed E-state index contributed by atoms with van der Waals surface area (Å²) in [5.74, 6) is -1.02. The Morgan fingerprint density at radius 1 is 1.29 bits per heavy atom. The average molecular weight is 202 g/mol. The standard InChI is InChI=1S/C10H18O4/c1-3-4-5-13-6-7-14-8-9(2)10(11)12/h2-8H2,1H3,(H,11,12). The van der Waals surface area contributed by atoms with Crippen LogP contribution in [-0.2, 0) is 14.3 Å². The van der Waals surface area contributed by atoms with Crippen molar-refractivity contribution in [1.29, 1.82) is 0 Å². The van der Waals surface area contributed by atoms with Gasteiger partial charge in [0.15, 0.2) is 0 Å². The van der Waals surface area contributed by atoms with Gasteiger partial charge in [0.05, 0.1) is 25.4 Å². The number of aliphatic carboxylic acids is 1. The van der Waals surface area contributed by atoms with Crippen LogP contribution in [0.3, 0.4) is 0 Å². The molecule has 14 heavy (non-hydrogen) atoms. The number of ether oxygens (including phenoxy) is 2. The van der Waals surface area contributed by atoms with E-state index in [1.165, 1.54) is 0 Å². The van der Waals surface area contributed by atoms with E-state index >= 15 is 0 Å². The molecule has 4 nitrogen and oxygen atoms in total. The van der Waals surface area contributed by atoms with E-state index in [0.29, 0.717) is 13.2 Å². The van der Waals surface area contributed by atoms with Crippen molar-refractivity contribution in [3.63, 3.8) is 0 Å². The third kappa shape index (κ3) is 7.76. The minimum Gasteiger partial charge on any atom is -0.478 e. The van der Waals surface area contributed by atoms with E-state index in [1.54, 1.807) is 0 Å². The molecular formula is C10H18O4. The Bertz CT molecular complexity index is 177. The monoisotopic (exact) mass is 202 g/mol. The van der Waals surface area contributed by atoms with Crippen molar-refractivity contribution in [3.8, 4) is 0 Å². The summed E-state index contributed by atoms with van der Waals surface area (Å²) < 4.78 is 10.2. The first-order chi connectivity index (χ1) is 6.68. The highest BCUT2D eigenvalue weighted by atomic mass is 16.5. The number of hydrogen-bond donors (Lipinski definition) is 1. The molecule has 0 unspecified atom stereocenters. The van der Waals surface area contributed by atoms with Crippen LogP contribution >= 0.6 is 0 Å². The van der Waals surface area contributed by atoms with Crippen LogP contribution < -0.4 is 0 Å². The molecule has 0 aromatic heterocycles. The topological polar surface area (TPSA) is 55.8 Å². The van der Waals surface area contributed by atoms with Gasteiger partial charge in [0.2, 0.25) is 0 Å². The Balaban J connectivity index is 3.13. The fourth-order valence-corrected chi connectivity index (χ4v) is 0.723. The zero-order chi connectivity index (χ0) is 10.8. The maximum atomic E-state index is 10.3. The third-order valence-corrected chi connectivity index (χ3v) is 1.59. The van der Waals surface area contributed by atoms with Crippen molar-refractivity contribution < 1.29 is 19.4 Å². The van der Waals surface area contributed by atoms with Gasteiger partial charge >= 0.3 is 5.97 Å². The zero-order valence-corrected chi connectivity index (χ0v) is 8.62. The maximum absolute atomic E-state index is 10.3. The van der Waals surface area contributed by atoms with E-state index < -0.39 is 5.97 Å². The van der Waals surface area contributed by atoms with Crippen LogP contribution in [0.4, 0.5) is 0 Å². The summed E-state index contributed by atoms with van der Waals surface area (Å²) in [5, 5.41) is 8.44. The summed E-state index contributed by atoms with van der Waals surface area (Å²) in [5.41, 5.74) is 0.0681. The number of carbonyl (C=O) groups is 1. The number of rotatable bonds is 9. The fourth-order valence-electron chi connectivity index (χ4n) is 0.723. The van der Waals surface area contributed by atoms with Gasteiger partial charge in [0.1, 0.15) is 0 Å². The minimum atomic E-state index is -1.02. The highest BCUT2D eigenvalue weighted by Crippen LogP contribution is 1.92. The predicted octanol–water partition coefficient (Wildman–Crippen LogP) is 1.46. The molecule has 0 aromatic rings. The van der Waals surface area contributed by atoms with E-state index in [4.69, 9.17) is 14.6 Å². The molecular weight excluding hydrogens is 184 g/mol. The van der Waals surface area contributed by atoms with E-state index in [0.717, 1.165) is 19.4 Å². The lowest BCUT2D eigenvalue weighted by molar-refractivity contribution is -0.133. The van der Waals surface area contributed by atoms with E-state index in [9.17, 15) is 4.79 Å². The van der Waals surface area contributed by atoms with Crippen molar-refractivity contribution in [2.24, 2.45) is 0 Å². The average Bonchev–Trinajstić information content (AvgIpc) is 2.16. The number of hydrogen-bond acceptors (Lipinski definition) is 3. The van der Waals surface area contributed by atoms with Crippen LogP contribution in [0.15, 0.2) is 12.2 Å². The van der Waals surface area contributed by atoms with Crippen molar-refractivity contribution in [2.45, 2.75) is 19.8 Å². The molecule has 0 bridgehead atoms. The number of unbranched alkanes of at least 4 members (excludes halogenated alkanes) is 1. The molecule has 4 heteroatoms. The molecule has 0 saturated heterocycles. The summed E-state index contributed by atoms with van der Waals surface area (Å²) in [6.07, 6.45) is 2.15. The summed E-state index contributed by atoms with van der Waals surface area (Å²) in [6, 6.07) is 0. The highest BCUT2D eigenvalue weighted by Gasteiger charge is 2.02. The Morgan fingerprint density at radius 3 is 2.50 bits per heavy atom. The Kier molecular flexibility index (Phi) is 8.17. The fraction of sp³-hybridized carbons (Fsp3) is 0.700. The lowest BCUT2D eigenvalue weighted by atomic mass is 10.3. The van der Waals surface area contributed by atoms with Crippen molar-refractivity contribution in [2.75, 3.05) is 26.4 Å². The van der Waals surface area contributed by atoms with Gasteiger partial charge in [0.25, 0.3) is 0 Å². The van der Waals surface area contributed by atoms with E-state index in [2.05, 4.69) is 13.5 Å². The smallest absolute Gasteiger partial charge is 0.333 e. The highest BCUT2D eigenvalue weighted by molar-refractivity contribution is 5.85. The van der Waals surface area contributed by atoms with Gasteiger partial charge in [0, 0.05) is 6.61 Å². The summed E-state index contributed by atoms with van der Waals surface area (Å²) in [4.78, 5) is 10.3. The predicted molar refractivity (Wildman–Crippen MR) is 53.3 cm³/mol. The molecule has 1 N–H and O–H groups in total. The zero-order valence-electron chi connectivity index (χ0n) is 8.62. The molecule has 0 amide bonds. The summed E-state index contributed by atoms with van der Waals surface area (Å²) in [7, 11) is 0. The molecule has 0 heterocycles. The largest absolute Gasteiger partial charge is 0.478 e.